The first kappa shape index (κ1) is 9.05. The number of likely N-dealkylation sites (tertiary alicyclic amines) is 1. The van der Waals surface area contributed by atoms with Gasteiger partial charge in [-0.15, -0.1) is 0 Å². The van der Waals surface area contributed by atoms with Gasteiger partial charge in [-0.25, -0.2) is 0 Å². The summed E-state index contributed by atoms with van der Waals surface area (Å²) >= 11 is 0. The predicted octanol–water partition coefficient (Wildman–Crippen LogP) is 1.30. The maximum atomic E-state index is 11.3. The van der Waals surface area contributed by atoms with Crippen molar-refractivity contribution in [1.82, 2.24) is 4.90 Å². The molecule has 0 unspecified atom stereocenters. The fourth-order valence-corrected chi connectivity index (χ4v) is 1.64. The van der Waals surface area contributed by atoms with Crippen molar-refractivity contribution in [2.24, 2.45) is 0 Å². The summed E-state index contributed by atoms with van der Waals surface area (Å²) in [6, 6.07) is 2.23. The largest absolute Gasteiger partial charge is 0.339 e. The lowest BCUT2D eigenvalue weighted by Crippen LogP contribution is -2.41. The minimum absolute atomic E-state index is 0.00954. The number of hydrogen-bond acceptors (Lipinski definition) is 2. The molecule has 0 bridgehead atoms. The van der Waals surface area contributed by atoms with Gasteiger partial charge in [0.05, 0.1) is 6.07 Å². The number of nitrogens with zero attached hydrogens (tertiary/aromatic N) is 2. The van der Waals surface area contributed by atoms with Crippen LogP contribution < -0.4 is 0 Å². The Labute approximate surface area is 73.0 Å². The van der Waals surface area contributed by atoms with E-state index in [1.54, 1.807) is 0 Å². The van der Waals surface area contributed by atoms with Crippen LogP contribution in [0.5, 0.6) is 0 Å². The van der Waals surface area contributed by atoms with Crippen molar-refractivity contribution in [3.8, 4) is 6.07 Å². The van der Waals surface area contributed by atoms with Crippen molar-refractivity contribution >= 4 is 5.91 Å². The van der Waals surface area contributed by atoms with Gasteiger partial charge < -0.3 is 4.90 Å². The third-order valence-electron chi connectivity index (χ3n) is 2.35. The zero-order chi connectivity index (χ0) is 8.97. The van der Waals surface area contributed by atoms with Gasteiger partial charge in [-0.3, -0.25) is 4.79 Å². The molecule has 1 atom stereocenters. The van der Waals surface area contributed by atoms with Crippen LogP contribution >= 0.6 is 0 Å². The molecule has 0 aromatic heterocycles. The molecule has 1 saturated heterocycles. The normalized spacial score (nSPS) is 23.3. The third kappa shape index (κ3) is 1.97. The zero-order valence-corrected chi connectivity index (χ0v) is 7.42. The van der Waals surface area contributed by atoms with Crippen LogP contribution in [-0.2, 0) is 4.79 Å². The van der Waals surface area contributed by atoms with Gasteiger partial charge in [-0.2, -0.15) is 5.26 Å². The number of carbonyl (C=O) groups is 1. The van der Waals surface area contributed by atoms with Gasteiger partial charge in [0.1, 0.15) is 6.42 Å². The van der Waals surface area contributed by atoms with Crippen molar-refractivity contribution < 1.29 is 4.79 Å². The van der Waals surface area contributed by atoms with E-state index in [0.717, 1.165) is 19.4 Å². The highest BCUT2D eigenvalue weighted by molar-refractivity contribution is 5.78. The highest BCUT2D eigenvalue weighted by atomic mass is 16.2. The van der Waals surface area contributed by atoms with Crippen LogP contribution in [0.4, 0.5) is 0 Å². The molecule has 12 heavy (non-hydrogen) atoms. The van der Waals surface area contributed by atoms with E-state index in [0.29, 0.717) is 6.04 Å². The number of amides is 1. The number of hydrogen-bond donors (Lipinski definition) is 0. The molecule has 0 saturated carbocycles. The molecule has 0 N–H and O–H groups in total. The van der Waals surface area contributed by atoms with E-state index < -0.39 is 0 Å². The Balaban J connectivity index is 2.49. The molecule has 1 rings (SSSR count). The summed E-state index contributed by atoms with van der Waals surface area (Å²) in [7, 11) is 0. The van der Waals surface area contributed by atoms with Gasteiger partial charge in [-0.05, 0) is 26.2 Å². The van der Waals surface area contributed by atoms with Crippen LogP contribution in [-0.4, -0.2) is 23.4 Å². The second kappa shape index (κ2) is 4.10. The molecular formula is C9H14N2O. The van der Waals surface area contributed by atoms with Crippen molar-refractivity contribution in [3.63, 3.8) is 0 Å². The van der Waals surface area contributed by atoms with E-state index >= 15 is 0 Å². The standard InChI is InChI=1S/C9H14N2O/c1-8-4-2-3-7-11(8)9(12)5-6-10/h8H,2-5,7H2,1H3/t8-/m0/s1. The Kier molecular flexibility index (Phi) is 3.09. The van der Waals surface area contributed by atoms with Gasteiger partial charge in [0.15, 0.2) is 0 Å². The third-order valence-corrected chi connectivity index (χ3v) is 2.35. The zero-order valence-electron chi connectivity index (χ0n) is 7.42. The van der Waals surface area contributed by atoms with Crippen LogP contribution in [0.15, 0.2) is 0 Å². The first-order valence-electron chi connectivity index (χ1n) is 4.42. The minimum atomic E-state index is -0.00954. The summed E-state index contributed by atoms with van der Waals surface area (Å²) in [5.41, 5.74) is 0. The monoisotopic (exact) mass is 166 g/mol. The van der Waals surface area contributed by atoms with Crippen LogP contribution in [0.1, 0.15) is 32.6 Å². The Morgan fingerprint density at radius 2 is 2.42 bits per heavy atom. The summed E-state index contributed by atoms with van der Waals surface area (Å²) in [6.45, 7) is 2.89. The number of nitriles is 1. The van der Waals surface area contributed by atoms with Gasteiger partial charge in [0, 0.05) is 12.6 Å². The van der Waals surface area contributed by atoms with E-state index in [2.05, 4.69) is 6.92 Å². The van der Waals surface area contributed by atoms with Crippen molar-refractivity contribution in [3.05, 3.63) is 0 Å². The fourth-order valence-electron chi connectivity index (χ4n) is 1.64. The molecule has 1 aliphatic rings. The molecule has 1 aliphatic heterocycles. The average molecular weight is 166 g/mol. The summed E-state index contributed by atoms with van der Waals surface area (Å²) in [4.78, 5) is 13.1. The average Bonchev–Trinajstić information content (AvgIpc) is 2.05. The molecule has 0 aliphatic carbocycles. The summed E-state index contributed by atoms with van der Waals surface area (Å²) < 4.78 is 0. The Hall–Kier alpha value is -1.04. The molecule has 1 heterocycles. The molecule has 3 nitrogen and oxygen atoms in total. The second-order valence-electron chi connectivity index (χ2n) is 3.27. The molecule has 0 aromatic carbocycles. The Morgan fingerprint density at radius 3 is 3.00 bits per heavy atom. The lowest BCUT2D eigenvalue weighted by atomic mass is 10.0. The number of piperidine rings is 1. The maximum absolute atomic E-state index is 11.3. The van der Waals surface area contributed by atoms with E-state index in [1.165, 1.54) is 6.42 Å². The van der Waals surface area contributed by atoms with Gasteiger partial charge in [0.2, 0.25) is 5.91 Å². The minimum Gasteiger partial charge on any atom is -0.339 e. The molecule has 66 valence electrons. The van der Waals surface area contributed by atoms with Gasteiger partial charge >= 0.3 is 0 Å². The highest BCUT2D eigenvalue weighted by Gasteiger charge is 2.22. The quantitative estimate of drug-likeness (QED) is 0.589. The molecule has 0 radical (unpaired) electrons. The van der Waals surface area contributed by atoms with Crippen LogP contribution in [0.3, 0.4) is 0 Å². The Morgan fingerprint density at radius 1 is 1.67 bits per heavy atom. The lowest BCUT2D eigenvalue weighted by molar-refractivity contribution is -0.133. The van der Waals surface area contributed by atoms with Crippen LogP contribution in [0.25, 0.3) is 0 Å². The summed E-state index contributed by atoms with van der Waals surface area (Å²) in [5.74, 6) is -0.00954. The predicted molar refractivity (Wildman–Crippen MR) is 45.3 cm³/mol. The van der Waals surface area contributed by atoms with Crippen molar-refractivity contribution in [2.75, 3.05) is 6.54 Å². The summed E-state index contributed by atoms with van der Waals surface area (Å²) in [6.07, 6.45) is 3.40. The van der Waals surface area contributed by atoms with Crippen molar-refractivity contribution in [2.45, 2.75) is 38.6 Å². The first-order valence-corrected chi connectivity index (χ1v) is 4.42. The maximum Gasteiger partial charge on any atom is 0.237 e. The van der Waals surface area contributed by atoms with Gasteiger partial charge in [-0.1, -0.05) is 0 Å². The molecule has 3 heteroatoms. The van der Waals surface area contributed by atoms with Gasteiger partial charge in [0.25, 0.3) is 0 Å². The molecule has 0 aromatic rings. The van der Waals surface area contributed by atoms with Crippen LogP contribution in [0.2, 0.25) is 0 Å². The molecule has 1 fully saturated rings. The van der Waals surface area contributed by atoms with E-state index in [9.17, 15) is 4.79 Å². The topological polar surface area (TPSA) is 44.1 Å². The number of rotatable bonds is 1. The first-order chi connectivity index (χ1) is 5.75. The number of carbonyl (C=O) groups excluding carboxylic acids is 1. The molecular weight excluding hydrogens is 152 g/mol. The molecule has 0 spiro atoms. The smallest absolute Gasteiger partial charge is 0.237 e. The van der Waals surface area contributed by atoms with E-state index in [4.69, 9.17) is 5.26 Å². The lowest BCUT2D eigenvalue weighted by Gasteiger charge is -2.32. The molecule has 1 amide bonds. The van der Waals surface area contributed by atoms with Crippen LogP contribution in [0, 0.1) is 11.3 Å². The SMILES string of the molecule is C[C@H]1CCCCN1C(=O)CC#N. The summed E-state index contributed by atoms with van der Waals surface area (Å²) in [5, 5.41) is 8.36. The highest BCUT2D eigenvalue weighted by Crippen LogP contribution is 2.16. The fraction of sp³-hybridized carbons (Fsp3) is 0.778. The Bertz CT molecular complexity index is 207. The van der Waals surface area contributed by atoms with E-state index in [1.807, 2.05) is 11.0 Å². The second-order valence-corrected chi connectivity index (χ2v) is 3.27. The van der Waals surface area contributed by atoms with Crippen molar-refractivity contribution in [1.29, 1.82) is 5.26 Å². The van der Waals surface area contributed by atoms with E-state index in [-0.39, 0.29) is 12.3 Å².